The Hall–Kier alpha value is -4.25. The molecule has 0 atom stereocenters. The van der Waals surface area contributed by atoms with E-state index in [1.165, 1.54) is 24.4 Å². The van der Waals surface area contributed by atoms with Gasteiger partial charge in [-0.25, -0.2) is 13.8 Å². The van der Waals surface area contributed by atoms with E-state index in [2.05, 4.69) is 10.5 Å². The summed E-state index contributed by atoms with van der Waals surface area (Å²) >= 11 is 0. The monoisotopic (exact) mass is 482 g/mol. The Morgan fingerprint density at radius 1 is 1.09 bits per heavy atom. The number of hydrazone groups is 1. The van der Waals surface area contributed by atoms with E-state index in [9.17, 15) is 23.3 Å². The number of hydrogen-bond donors (Lipinski definition) is 1. The lowest BCUT2D eigenvalue weighted by Crippen LogP contribution is -2.39. The van der Waals surface area contributed by atoms with Crippen LogP contribution in [0, 0.1) is 10.1 Å². The van der Waals surface area contributed by atoms with Gasteiger partial charge in [-0.05, 0) is 41.5 Å². The van der Waals surface area contributed by atoms with E-state index < -0.39 is 27.4 Å². The SMILES string of the molecule is CS(=O)(=O)N(CC(=O)N/N=C\c1ccc(OCc2ccccc2)cc1)c1cccc([N+](=O)[O-])c1. The average Bonchev–Trinajstić information content (AvgIpc) is 2.82. The van der Waals surface area contributed by atoms with Crippen LogP contribution in [0.2, 0.25) is 0 Å². The number of anilines is 1. The molecule has 3 aromatic carbocycles. The highest BCUT2D eigenvalue weighted by Gasteiger charge is 2.22. The van der Waals surface area contributed by atoms with Crippen LogP contribution < -0.4 is 14.5 Å². The third-order valence-electron chi connectivity index (χ3n) is 4.55. The van der Waals surface area contributed by atoms with Crippen LogP contribution in [0.25, 0.3) is 0 Å². The van der Waals surface area contributed by atoms with Gasteiger partial charge in [0.2, 0.25) is 10.0 Å². The van der Waals surface area contributed by atoms with Gasteiger partial charge in [-0.2, -0.15) is 5.10 Å². The zero-order chi connectivity index (χ0) is 24.6. The number of nitrogens with one attached hydrogen (secondary N) is 1. The second-order valence-corrected chi connectivity index (χ2v) is 9.09. The average molecular weight is 483 g/mol. The molecule has 0 heterocycles. The zero-order valence-corrected chi connectivity index (χ0v) is 19.0. The molecule has 0 aromatic heterocycles. The molecule has 3 aromatic rings. The van der Waals surface area contributed by atoms with Crippen molar-refractivity contribution in [3.05, 3.63) is 100 Å². The van der Waals surface area contributed by atoms with Crippen molar-refractivity contribution in [3.8, 4) is 5.75 Å². The Morgan fingerprint density at radius 2 is 1.79 bits per heavy atom. The van der Waals surface area contributed by atoms with Gasteiger partial charge in [-0.1, -0.05) is 36.4 Å². The van der Waals surface area contributed by atoms with Crippen molar-refractivity contribution in [2.24, 2.45) is 5.10 Å². The fourth-order valence-electron chi connectivity index (χ4n) is 2.90. The highest BCUT2D eigenvalue weighted by molar-refractivity contribution is 7.92. The molecule has 0 unspecified atom stereocenters. The Labute approximate surface area is 196 Å². The summed E-state index contributed by atoms with van der Waals surface area (Å²) in [6, 6.07) is 21.8. The number of nitro groups is 1. The van der Waals surface area contributed by atoms with Crippen LogP contribution in [0.4, 0.5) is 11.4 Å². The van der Waals surface area contributed by atoms with E-state index in [4.69, 9.17) is 4.74 Å². The number of amides is 1. The normalized spacial score (nSPS) is 11.2. The van der Waals surface area contributed by atoms with Crippen LogP contribution in [0.1, 0.15) is 11.1 Å². The van der Waals surface area contributed by atoms with Crippen LogP contribution in [0.5, 0.6) is 5.75 Å². The van der Waals surface area contributed by atoms with Gasteiger partial charge in [0.15, 0.2) is 0 Å². The van der Waals surface area contributed by atoms with Gasteiger partial charge < -0.3 is 4.74 Å². The molecule has 10 nitrogen and oxygen atoms in total. The summed E-state index contributed by atoms with van der Waals surface area (Å²) < 4.78 is 30.8. The molecule has 176 valence electrons. The molecule has 0 aliphatic heterocycles. The molecule has 34 heavy (non-hydrogen) atoms. The van der Waals surface area contributed by atoms with Crippen molar-refractivity contribution in [2.75, 3.05) is 17.1 Å². The largest absolute Gasteiger partial charge is 0.489 e. The third-order valence-corrected chi connectivity index (χ3v) is 5.69. The molecule has 0 aliphatic rings. The fraction of sp³-hybridized carbons (Fsp3) is 0.130. The Bertz CT molecular complexity index is 1280. The van der Waals surface area contributed by atoms with E-state index in [0.29, 0.717) is 17.9 Å². The number of hydrogen-bond acceptors (Lipinski definition) is 7. The van der Waals surface area contributed by atoms with Gasteiger partial charge in [0.05, 0.1) is 23.1 Å². The molecular weight excluding hydrogens is 460 g/mol. The summed E-state index contributed by atoms with van der Waals surface area (Å²) in [7, 11) is -3.88. The van der Waals surface area contributed by atoms with Crippen molar-refractivity contribution >= 4 is 33.5 Å². The molecule has 0 saturated heterocycles. The first kappa shape index (κ1) is 24.4. The van der Waals surface area contributed by atoms with E-state index in [1.807, 2.05) is 30.3 Å². The van der Waals surface area contributed by atoms with E-state index in [0.717, 1.165) is 22.2 Å². The molecule has 11 heteroatoms. The summed E-state index contributed by atoms with van der Waals surface area (Å²) in [4.78, 5) is 22.6. The topological polar surface area (TPSA) is 131 Å². The number of nitro benzene ring substituents is 1. The molecule has 3 rings (SSSR count). The van der Waals surface area contributed by atoms with E-state index >= 15 is 0 Å². The van der Waals surface area contributed by atoms with Gasteiger partial charge in [0.25, 0.3) is 11.6 Å². The second-order valence-electron chi connectivity index (χ2n) is 7.18. The maximum Gasteiger partial charge on any atom is 0.271 e. The minimum Gasteiger partial charge on any atom is -0.489 e. The zero-order valence-electron chi connectivity index (χ0n) is 18.2. The number of carbonyl (C=O) groups excluding carboxylic acids is 1. The number of benzene rings is 3. The maximum absolute atomic E-state index is 12.3. The first-order chi connectivity index (χ1) is 16.2. The number of sulfonamides is 1. The lowest BCUT2D eigenvalue weighted by Gasteiger charge is -2.21. The van der Waals surface area contributed by atoms with E-state index in [-0.39, 0.29) is 11.4 Å². The quantitative estimate of drug-likeness (QED) is 0.268. The molecule has 1 N–H and O–H groups in total. The van der Waals surface area contributed by atoms with Crippen LogP contribution in [0.3, 0.4) is 0 Å². The smallest absolute Gasteiger partial charge is 0.271 e. The minimum absolute atomic E-state index is 0.00178. The van der Waals surface area contributed by atoms with Gasteiger partial charge >= 0.3 is 0 Å². The number of carbonyl (C=O) groups is 1. The van der Waals surface area contributed by atoms with Crippen LogP contribution >= 0.6 is 0 Å². The third kappa shape index (κ3) is 7.14. The first-order valence-corrected chi connectivity index (χ1v) is 11.9. The van der Waals surface area contributed by atoms with Crippen molar-refractivity contribution in [3.63, 3.8) is 0 Å². The van der Waals surface area contributed by atoms with Crippen molar-refractivity contribution in [2.45, 2.75) is 6.61 Å². The number of nitrogens with zero attached hydrogens (tertiary/aromatic N) is 3. The van der Waals surface area contributed by atoms with E-state index in [1.54, 1.807) is 24.3 Å². The standard InChI is InChI=1S/C23H22N4O6S/c1-34(31,32)26(20-8-5-9-21(14-20)27(29)30)16-23(28)25-24-15-18-10-12-22(13-11-18)33-17-19-6-3-2-4-7-19/h2-15H,16-17H2,1H3,(H,25,28)/b24-15-. The van der Waals surface area contributed by atoms with Crippen molar-refractivity contribution in [1.29, 1.82) is 0 Å². The van der Waals surface area contributed by atoms with Crippen molar-refractivity contribution < 1.29 is 22.9 Å². The van der Waals surface area contributed by atoms with Crippen molar-refractivity contribution in [1.82, 2.24) is 5.43 Å². The van der Waals surface area contributed by atoms with Gasteiger partial charge in [0.1, 0.15) is 18.9 Å². The molecule has 1 amide bonds. The molecule has 0 radical (unpaired) electrons. The van der Waals surface area contributed by atoms with Crippen LogP contribution in [0.15, 0.2) is 84.0 Å². The van der Waals surface area contributed by atoms with Gasteiger partial charge in [-0.15, -0.1) is 0 Å². The summed E-state index contributed by atoms with van der Waals surface area (Å²) in [5.74, 6) is -0.0400. The number of ether oxygens (including phenoxy) is 1. The minimum atomic E-state index is -3.88. The molecule has 0 fully saturated rings. The maximum atomic E-state index is 12.3. The van der Waals surface area contributed by atoms with Gasteiger partial charge in [0, 0.05) is 12.1 Å². The molecule has 0 aliphatic carbocycles. The number of rotatable bonds is 10. The lowest BCUT2D eigenvalue weighted by molar-refractivity contribution is -0.384. The summed E-state index contributed by atoms with van der Waals surface area (Å²) in [5.41, 5.74) is 3.70. The predicted octanol–water partition coefficient (Wildman–Crippen LogP) is 3.09. The molecule has 0 saturated carbocycles. The summed E-state index contributed by atoms with van der Waals surface area (Å²) in [6.45, 7) is -0.157. The predicted molar refractivity (Wildman–Crippen MR) is 128 cm³/mol. The highest BCUT2D eigenvalue weighted by Crippen LogP contribution is 2.23. The fourth-order valence-corrected chi connectivity index (χ4v) is 3.75. The van der Waals surface area contributed by atoms with Gasteiger partial charge in [-0.3, -0.25) is 19.2 Å². The highest BCUT2D eigenvalue weighted by atomic mass is 32.2. The molecule has 0 bridgehead atoms. The Morgan fingerprint density at radius 3 is 2.44 bits per heavy atom. The van der Waals surface area contributed by atoms with Crippen LogP contribution in [-0.2, 0) is 21.4 Å². The summed E-state index contributed by atoms with van der Waals surface area (Å²) in [6.07, 6.45) is 2.31. The molecule has 0 spiro atoms. The Balaban J connectivity index is 1.57. The van der Waals surface area contributed by atoms with Crippen LogP contribution in [-0.4, -0.2) is 38.3 Å². The first-order valence-electron chi connectivity index (χ1n) is 10.0. The second kappa shape index (κ2) is 11.1. The molecular formula is C23H22N4O6S. The number of non-ortho nitro benzene ring substituents is 1. The Kier molecular flexibility index (Phi) is 7.93. The summed E-state index contributed by atoms with van der Waals surface area (Å²) in [5, 5.41) is 14.8. The lowest BCUT2D eigenvalue weighted by atomic mass is 10.2.